The zero-order chi connectivity index (χ0) is 21.5. The molecule has 0 amide bonds. The molecule has 0 bridgehead atoms. The van der Waals surface area contributed by atoms with Gasteiger partial charge in [-0.25, -0.2) is 4.98 Å². The predicted octanol–water partition coefficient (Wildman–Crippen LogP) is 3.47. The first kappa shape index (κ1) is 19.1. The molecule has 5 rings (SSSR count). The fourth-order valence-electron chi connectivity index (χ4n) is 4.01. The molecule has 0 spiro atoms. The lowest BCUT2D eigenvalue weighted by atomic mass is 10.1. The standard InChI is InChI=1S/C24H21N3O4/c1-15-9-19(16(2)27(15)11-17-7-8-22-23(10-17)31-14-30-22)21(28)12-26-13-25-20-6-4-3-5-18(20)24(26)29/h3-10,13H,11-12,14H2,1-2H3. The minimum atomic E-state index is -0.215. The second kappa shape index (κ2) is 7.43. The number of para-hydroxylation sites is 1. The van der Waals surface area contributed by atoms with Gasteiger partial charge in [-0.2, -0.15) is 0 Å². The van der Waals surface area contributed by atoms with Gasteiger partial charge in [0.15, 0.2) is 17.3 Å². The maximum Gasteiger partial charge on any atom is 0.261 e. The lowest BCUT2D eigenvalue weighted by Gasteiger charge is -2.11. The molecule has 0 saturated heterocycles. The third-order valence-corrected chi connectivity index (χ3v) is 5.70. The van der Waals surface area contributed by atoms with Crippen LogP contribution in [0.15, 0.2) is 59.7 Å². The van der Waals surface area contributed by atoms with Gasteiger partial charge in [-0.1, -0.05) is 18.2 Å². The zero-order valence-corrected chi connectivity index (χ0v) is 17.3. The fourth-order valence-corrected chi connectivity index (χ4v) is 4.01. The van der Waals surface area contributed by atoms with Gasteiger partial charge in [-0.15, -0.1) is 0 Å². The van der Waals surface area contributed by atoms with Gasteiger partial charge in [-0.05, 0) is 49.7 Å². The molecule has 0 fully saturated rings. The Balaban J connectivity index is 1.42. The van der Waals surface area contributed by atoms with Crippen LogP contribution in [0.5, 0.6) is 11.5 Å². The maximum absolute atomic E-state index is 13.1. The molecule has 2 aromatic heterocycles. The van der Waals surface area contributed by atoms with E-state index in [-0.39, 0.29) is 24.7 Å². The first-order valence-electron chi connectivity index (χ1n) is 10.0. The summed E-state index contributed by atoms with van der Waals surface area (Å²) >= 11 is 0. The Bertz CT molecular complexity index is 1380. The van der Waals surface area contributed by atoms with E-state index in [1.165, 1.54) is 10.9 Å². The van der Waals surface area contributed by atoms with Crippen molar-refractivity contribution in [3.63, 3.8) is 0 Å². The molecule has 7 heteroatoms. The van der Waals surface area contributed by atoms with Gasteiger partial charge in [0.25, 0.3) is 5.56 Å². The minimum absolute atomic E-state index is 0.0506. The molecule has 0 unspecified atom stereocenters. The second-order valence-corrected chi connectivity index (χ2v) is 7.68. The summed E-state index contributed by atoms with van der Waals surface area (Å²) in [4.78, 5) is 30.1. The van der Waals surface area contributed by atoms with Crippen LogP contribution < -0.4 is 15.0 Å². The number of hydrogen-bond donors (Lipinski definition) is 0. The van der Waals surface area contributed by atoms with Crippen LogP contribution in [0, 0.1) is 13.8 Å². The Morgan fingerprint density at radius 1 is 1.06 bits per heavy atom. The van der Waals surface area contributed by atoms with Gasteiger partial charge in [0.1, 0.15) is 0 Å². The van der Waals surface area contributed by atoms with E-state index in [1.54, 1.807) is 18.2 Å². The predicted molar refractivity (Wildman–Crippen MR) is 116 cm³/mol. The lowest BCUT2D eigenvalue weighted by molar-refractivity contribution is 0.0970. The molecule has 0 aliphatic carbocycles. The zero-order valence-electron chi connectivity index (χ0n) is 17.3. The van der Waals surface area contributed by atoms with Gasteiger partial charge in [0.2, 0.25) is 6.79 Å². The number of nitrogens with zero attached hydrogens (tertiary/aromatic N) is 3. The number of Topliss-reactive ketones (excluding diaryl/α,β-unsaturated/α-hetero) is 1. The Kier molecular flexibility index (Phi) is 4.58. The van der Waals surface area contributed by atoms with Crippen LogP contribution in [0.25, 0.3) is 10.9 Å². The molecular formula is C24H21N3O4. The van der Waals surface area contributed by atoms with Crippen molar-refractivity contribution in [2.45, 2.75) is 26.9 Å². The van der Waals surface area contributed by atoms with Crippen LogP contribution in [-0.2, 0) is 13.1 Å². The van der Waals surface area contributed by atoms with Crippen molar-refractivity contribution in [1.29, 1.82) is 0 Å². The quantitative estimate of drug-likeness (QED) is 0.467. The first-order chi connectivity index (χ1) is 15.0. The maximum atomic E-state index is 13.1. The Labute approximate surface area is 178 Å². The number of ether oxygens (including phenoxy) is 2. The summed E-state index contributed by atoms with van der Waals surface area (Å²) in [7, 11) is 0. The highest BCUT2D eigenvalue weighted by molar-refractivity contribution is 5.97. The smallest absolute Gasteiger partial charge is 0.261 e. The summed E-state index contributed by atoms with van der Waals surface area (Å²) in [5.74, 6) is 1.36. The molecule has 4 aromatic rings. The van der Waals surface area contributed by atoms with Crippen LogP contribution in [0.3, 0.4) is 0 Å². The summed E-state index contributed by atoms with van der Waals surface area (Å²) in [5.41, 5.74) is 3.91. The van der Waals surface area contributed by atoms with Crippen LogP contribution in [-0.4, -0.2) is 26.7 Å². The Morgan fingerprint density at radius 3 is 2.74 bits per heavy atom. The normalized spacial score (nSPS) is 12.5. The fraction of sp³-hybridized carbons (Fsp3) is 0.208. The Morgan fingerprint density at radius 2 is 1.87 bits per heavy atom. The van der Waals surface area contributed by atoms with E-state index in [0.717, 1.165) is 28.5 Å². The van der Waals surface area contributed by atoms with E-state index >= 15 is 0 Å². The van der Waals surface area contributed by atoms with Crippen LogP contribution in [0.1, 0.15) is 27.3 Å². The molecule has 1 aliphatic heterocycles. The van der Waals surface area contributed by atoms with E-state index in [1.807, 2.05) is 44.2 Å². The topological polar surface area (TPSA) is 75.4 Å². The first-order valence-corrected chi connectivity index (χ1v) is 10.0. The number of ketones is 1. The number of fused-ring (bicyclic) bond motifs is 2. The van der Waals surface area contributed by atoms with Crippen molar-refractivity contribution in [2.24, 2.45) is 0 Å². The van der Waals surface area contributed by atoms with Gasteiger partial charge < -0.3 is 14.0 Å². The Hall–Kier alpha value is -3.87. The van der Waals surface area contributed by atoms with E-state index in [0.29, 0.717) is 23.0 Å². The monoisotopic (exact) mass is 415 g/mol. The molecule has 7 nitrogen and oxygen atoms in total. The summed E-state index contributed by atoms with van der Waals surface area (Å²) in [6.07, 6.45) is 1.44. The van der Waals surface area contributed by atoms with Crippen LogP contribution in [0.4, 0.5) is 0 Å². The molecule has 0 radical (unpaired) electrons. The SMILES string of the molecule is Cc1cc(C(=O)Cn2cnc3ccccc3c2=O)c(C)n1Cc1ccc2c(c1)OCO2. The van der Waals surface area contributed by atoms with Crippen molar-refractivity contribution >= 4 is 16.7 Å². The van der Waals surface area contributed by atoms with Crippen molar-refractivity contribution in [3.05, 3.63) is 87.7 Å². The highest BCUT2D eigenvalue weighted by Gasteiger charge is 2.19. The van der Waals surface area contributed by atoms with Gasteiger partial charge in [0, 0.05) is 23.5 Å². The highest BCUT2D eigenvalue weighted by Crippen LogP contribution is 2.33. The number of aryl methyl sites for hydroxylation is 1. The van der Waals surface area contributed by atoms with Crippen LogP contribution >= 0.6 is 0 Å². The van der Waals surface area contributed by atoms with Crippen molar-refractivity contribution in [2.75, 3.05) is 6.79 Å². The summed E-state index contributed by atoms with van der Waals surface area (Å²) in [5, 5.41) is 0.506. The van der Waals surface area contributed by atoms with E-state index in [4.69, 9.17) is 9.47 Å². The molecule has 0 atom stereocenters. The van der Waals surface area contributed by atoms with E-state index < -0.39 is 0 Å². The highest BCUT2D eigenvalue weighted by atomic mass is 16.7. The molecule has 2 aromatic carbocycles. The van der Waals surface area contributed by atoms with Gasteiger partial charge in [0.05, 0.1) is 23.8 Å². The molecule has 31 heavy (non-hydrogen) atoms. The molecular weight excluding hydrogens is 394 g/mol. The second-order valence-electron chi connectivity index (χ2n) is 7.68. The molecule has 0 saturated carbocycles. The van der Waals surface area contributed by atoms with E-state index in [2.05, 4.69) is 9.55 Å². The third kappa shape index (κ3) is 3.38. The van der Waals surface area contributed by atoms with Gasteiger partial charge in [-0.3, -0.25) is 14.2 Å². The summed E-state index contributed by atoms with van der Waals surface area (Å²) in [6, 6.07) is 14.9. The van der Waals surface area contributed by atoms with Gasteiger partial charge >= 0.3 is 0 Å². The van der Waals surface area contributed by atoms with E-state index in [9.17, 15) is 9.59 Å². The third-order valence-electron chi connectivity index (χ3n) is 5.70. The number of benzene rings is 2. The average molecular weight is 415 g/mol. The number of carbonyl (C=O) groups excluding carboxylic acids is 1. The number of aromatic nitrogens is 3. The number of carbonyl (C=O) groups is 1. The molecule has 3 heterocycles. The summed E-state index contributed by atoms with van der Waals surface area (Å²) in [6.45, 7) is 4.70. The van der Waals surface area contributed by atoms with Crippen molar-refractivity contribution in [3.8, 4) is 11.5 Å². The van der Waals surface area contributed by atoms with Crippen LogP contribution in [0.2, 0.25) is 0 Å². The molecule has 0 N–H and O–H groups in total. The molecule has 1 aliphatic rings. The van der Waals surface area contributed by atoms with Crippen molar-refractivity contribution < 1.29 is 14.3 Å². The lowest BCUT2D eigenvalue weighted by Crippen LogP contribution is -2.25. The number of rotatable bonds is 5. The average Bonchev–Trinajstić information content (AvgIpc) is 3.35. The molecule has 156 valence electrons. The largest absolute Gasteiger partial charge is 0.454 e. The minimum Gasteiger partial charge on any atom is -0.454 e. The number of hydrogen-bond acceptors (Lipinski definition) is 5. The summed E-state index contributed by atoms with van der Waals surface area (Å²) < 4.78 is 14.3. The van der Waals surface area contributed by atoms with Crippen molar-refractivity contribution in [1.82, 2.24) is 14.1 Å².